The molecule has 27 heavy (non-hydrogen) atoms. The molecule has 1 aromatic rings. The highest BCUT2D eigenvalue weighted by atomic mass is 19.4. The van der Waals surface area contributed by atoms with Crippen LogP contribution in [0.15, 0.2) is 24.3 Å². The van der Waals surface area contributed by atoms with Crippen molar-refractivity contribution in [3.05, 3.63) is 29.8 Å². The Balaban J connectivity index is 1.80. The molecule has 0 aromatic heterocycles. The number of urea groups is 1. The van der Waals surface area contributed by atoms with E-state index in [0.717, 1.165) is 37.8 Å². The summed E-state index contributed by atoms with van der Waals surface area (Å²) in [6.07, 6.45) is 0.678. The standard InChI is InChI=1S/C19H26F3N3O2/c1-12(23-17(26)14-6-4-3-5-7-14)13(2)24-18(27)25-16-10-8-15(9-11-16)19(20,21)22/h8-14H,3-7H2,1-2H3,(H,23,26)(H2,24,25,27). The summed E-state index contributed by atoms with van der Waals surface area (Å²) in [5.41, 5.74) is -0.521. The lowest BCUT2D eigenvalue weighted by Crippen LogP contribution is -2.51. The van der Waals surface area contributed by atoms with Gasteiger partial charge < -0.3 is 16.0 Å². The van der Waals surface area contributed by atoms with Crippen molar-refractivity contribution in [1.82, 2.24) is 10.6 Å². The van der Waals surface area contributed by atoms with Crippen LogP contribution in [-0.4, -0.2) is 24.0 Å². The van der Waals surface area contributed by atoms with Crippen molar-refractivity contribution in [3.8, 4) is 0 Å². The number of hydrogen-bond donors (Lipinski definition) is 3. The zero-order valence-corrected chi connectivity index (χ0v) is 15.5. The third-order valence-electron chi connectivity index (χ3n) is 4.92. The van der Waals surface area contributed by atoms with Crippen LogP contribution < -0.4 is 16.0 Å². The Morgan fingerprint density at radius 3 is 2.07 bits per heavy atom. The fourth-order valence-corrected chi connectivity index (χ4v) is 3.07. The first-order valence-corrected chi connectivity index (χ1v) is 9.22. The molecule has 0 saturated heterocycles. The minimum atomic E-state index is -4.42. The molecule has 3 N–H and O–H groups in total. The summed E-state index contributed by atoms with van der Waals surface area (Å²) in [7, 11) is 0. The second-order valence-electron chi connectivity index (χ2n) is 7.09. The zero-order valence-electron chi connectivity index (χ0n) is 15.5. The smallest absolute Gasteiger partial charge is 0.351 e. The SMILES string of the molecule is CC(NC(=O)Nc1ccc(C(F)(F)F)cc1)C(C)NC(=O)C1CCCCC1. The first-order valence-electron chi connectivity index (χ1n) is 9.22. The molecule has 2 atom stereocenters. The summed E-state index contributed by atoms with van der Waals surface area (Å²) in [5.74, 6) is 0.0494. The van der Waals surface area contributed by atoms with E-state index in [9.17, 15) is 22.8 Å². The first-order chi connectivity index (χ1) is 12.7. The molecular weight excluding hydrogens is 359 g/mol. The Kier molecular flexibility index (Phi) is 7.10. The summed E-state index contributed by atoms with van der Waals surface area (Å²) in [4.78, 5) is 24.3. The zero-order chi connectivity index (χ0) is 20.0. The lowest BCUT2D eigenvalue weighted by atomic mass is 9.88. The molecule has 1 aliphatic carbocycles. The number of carbonyl (C=O) groups is 2. The Morgan fingerprint density at radius 1 is 0.963 bits per heavy atom. The Labute approximate surface area is 157 Å². The second kappa shape index (κ2) is 9.10. The van der Waals surface area contributed by atoms with E-state index in [2.05, 4.69) is 16.0 Å². The van der Waals surface area contributed by atoms with Crippen molar-refractivity contribution in [3.63, 3.8) is 0 Å². The van der Waals surface area contributed by atoms with Crippen LogP contribution in [0, 0.1) is 5.92 Å². The van der Waals surface area contributed by atoms with E-state index in [1.54, 1.807) is 6.92 Å². The Hall–Kier alpha value is -2.25. The van der Waals surface area contributed by atoms with Gasteiger partial charge in [-0.2, -0.15) is 13.2 Å². The summed E-state index contributed by atoms with van der Waals surface area (Å²) in [6, 6.07) is 3.06. The van der Waals surface area contributed by atoms with E-state index < -0.39 is 17.8 Å². The van der Waals surface area contributed by atoms with Gasteiger partial charge in [0.1, 0.15) is 0 Å². The van der Waals surface area contributed by atoms with Gasteiger partial charge in [-0.1, -0.05) is 19.3 Å². The molecule has 150 valence electrons. The van der Waals surface area contributed by atoms with Gasteiger partial charge in [0.15, 0.2) is 0 Å². The maximum absolute atomic E-state index is 12.5. The van der Waals surface area contributed by atoms with E-state index >= 15 is 0 Å². The summed E-state index contributed by atoms with van der Waals surface area (Å²) in [6.45, 7) is 3.57. The monoisotopic (exact) mass is 385 g/mol. The molecule has 2 rings (SSSR count). The van der Waals surface area contributed by atoms with Crippen LogP contribution in [0.3, 0.4) is 0 Å². The highest BCUT2D eigenvalue weighted by Crippen LogP contribution is 2.29. The summed E-state index contributed by atoms with van der Waals surface area (Å²) < 4.78 is 37.6. The van der Waals surface area contributed by atoms with E-state index in [1.165, 1.54) is 18.6 Å². The minimum absolute atomic E-state index is 0.0130. The normalized spacial score (nSPS) is 17.7. The van der Waals surface area contributed by atoms with Gasteiger partial charge >= 0.3 is 12.2 Å². The van der Waals surface area contributed by atoms with Crippen molar-refractivity contribution in [2.75, 3.05) is 5.32 Å². The number of anilines is 1. The molecule has 0 spiro atoms. The molecule has 0 heterocycles. The van der Waals surface area contributed by atoms with Gasteiger partial charge in [-0.3, -0.25) is 4.79 Å². The van der Waals surface area contributed by atoms with Crippen LogP contribution in [0.5, 0.6) is 0 Å². The van der Waals surface area contributed by atoms with E-state index in [4.69, 9.17) is 0 Å². The lowest BCUT2D eigenvalue weighted by Gasteiger charge is -2.26. The molecule has 5 nitrogen and oxygen atoms in total. The minimum Gasteiger partial charge on any atom is -0.351 e. The molecule has 1 aromatic carbocycles. The van der Waals surface area contributed by atoms with Crippen LogP contribution in [-0.2, 0) is 11.0 Å². The molecule has 1 aliphatic rings. The summed E-state index contributed by atoms with van der Waals surface area (Å²) >= 11 is 0. The highest BCUT2D eigenvalue weighted by molar-refractivity contribution is 5.89. The number of amides is 3. The van der Waals surface area contributed by atoms with Crippen molar-refractivity contribution >= 4 is 17.6 Å². The molecule has 1 saturated carbocycles. The number of nitrogens with one attached hydrogen (secondary N) is 3. The number of rotatable bonds is 5. The van der Waals surface area contributed by atoms with E-state index in [1.807, 2.05) is 6.92 Å². The quantitative estimate of drug-likeness (QED) is 0.707. The van der Waals surface area contributed by atoms with Crippen LogP contribution in [0.25, 0.3) is 0 Å². The predicted molar refractivity (Wildman–Crippen MR) is 97.2 cm³/mol. The van der Waals surface area contributed by atoms with Crippen molar-refractivity contribution in [2.45, 2.75) is 64.2 Å². The van der Waals surface area contributed by atoms with Gasteiger partial charge in [0, 0.05) is 23.7 Å². The average Bonchev–Trinajstić information content (AvgIpc) is 2.61. The Bertz CT molecular complexity index is 641. The second-order valence-corrected chi connectivity index (χ2v) is 7.09. The van der Waals surface area contributed by atoms with Gasteiger partial charge in [-0.05, 0) is 51.0 Å². The molecule has 0 bridgehead atoms. The third-order valence-corrected chi connectivity index (χ3v) is 4.92. The van der Waals surface area contributed by atoms with Crippen molar-refractivity contribution < 1.29 is 22.8 Å². The fraction of sp³-hybridized carbons (Fsp3) is 0.579. The van der Waals surface area contributed by atoms with Crippen molar-refractivity contribution in [2.24, 2.45) is 5.92 Å². The number of carbonyl (C=O) groups excluding carboxylic acids is 2. The number of halogens is 3. The van der Waals surface area contributed by atoms with Gasteiger partial charge in [-0.15, -0.1) is 0 Å². The van der Waals surface area contributed by atoms with Gasteiger partial charge in [0.25, 0.3) is 0 Å². The lowest BCUT2D eigenvalue weighted by molar-refractivity contribution is -0.137. The first kappa shape index (κ1) is 21.1. The van der Waals surface area contributed by atoms with Crippen LogP contribution in [0.1, 0.15) is 51.5 Å². The van der Waals surface area contributed by atoms with E-state index in [-0.39, 0.29) is 29.6 Å². The maximum Gasteiger partial charge on any atom is 0.416 e. The largest absolute Gasteiger partial charge is 0.416 e. The van der Waals surface area contributed by atoms with Crippen LogP contribution in [0.4, 0.5) is 23.7 Å². The van der Waals surface area contributed by atoms with Gasteiger partial charge in [0.2, 0.25) is 5.91 Å². The average molecular weight is 385 g/mol. The topological polar surface area (TPSA) is 70.2 Å². The highest BCUT2D eigenvalue weighted by Gasteiger charge is 2.30. The number of benzene rings is 1. The molecule has 0 radical (unpaired) electrons. The predicted octanol–water partition coefficient (Wildman–Crippen LogP) is 4.30. The molecule has 1 fully saturated rings. The molecule has 3 amide bonds. The van der Waals surface area contributed by atoms with Gasteiger partial charge in [-0.25, -0.2) is 4.79 Å². The number of alkyl halides is 3. The molecule has 8 heteroatoms. The van der Waals surface area contributed by atoms with Crippen LogP contribution in [0.2, 0.25) is 0 Å². The Morgan fingerprint density at radius 2 is 1.52 bits per heavy atom. The van der Waals surface area contributed by atoms with Crippen LogP contribution >= 0.6 is 0 Å². The maximum atomic E-state index is 12.5. The molecule has 2 unspecified atom stereocenters. The van der Waals surface area contributed by atoms with E-state index in [0.29, 0.717) is 0 Å². The number of hydrogen-bond acceptors (Lipinski definition) is 2. The van der Waals surface area contributed by atoms with Gasteiger partial charge in [0.05, 0.1) is 5.56 Å². The summed E-state index contributed by atoms with van der Waals surface area (Å²) in [5, 5.41) is 8.12. The fourth-order valence-electron chi connectivity index (χ4n) is 3.07. The van der Waals surface area contributed by atoms with Crippen molar-refractivity contribution in [1.29, 1.82) is 0 Å². The third kappa shape index (κ3) is 6.45. The molecular formula is C19H26F3N3O2. The molecule has 0 aliphatic heterocycles.